The molecule has 0 saturated carbocycles. The standard InChI is InChI=1S/C21H23N5O/c1-14(2)22-21-25-19(16-7-5-4-6-8-16)13-20(26-21)24-18-11-9-17(10-12-18)23-15(3)27/h4-14H,1-3H3,(H,23,27)(H2,22,24,25,26). The second-order valence-electron chi connectivity index (χ2n) is 6.51. The number of nitrogens with zero attached hydrogens (tertiary/aromatic N) is 2. The van der Waals surface area contributed by atoms with E-state index >= 15 is 0 Å². The Hall–Kier alpha value is -3.41. The fourth-order valence-corrected chi connectivity index (χ4v) is 2.58. The summed E-state index contributed by atoms with van der Waals surface area (Å²) in [5.41, 5.74) is 3.49. The fourth-order valence-electron chi connectivity index (χ4n) is 2.58. The Bertz CT molecular complexity index is 908. The smallest absolute Gasteiger partial charge is 0.225 e. The molecule has 6 heteroatoms. The van der Waals surface area contributed by atoms with Gasteiger partial charge in [-0.3, -0.25) is 4.79 Å². The van der Waals surface area contributed by atoms with E-state index in [4.69, 9.17) is 0 Å². The lowest BCUT2D eigenvalue weighted by Crippen LogP contribution is -2.13. The summed E-state index contributed by atoms with van der Waals surface area (Å²) in [5.74, 6) is 1.17. The maximum Gasteiger partial charge on any atom is 0.225 e. The van der Waals surface area contributed by atoms with Gasteiger partial charge < -0.3 is 16.0 Å². The van der Waals surface area contributed by atoms with Crippen molar-refractivity contribution >= 4 is 29.0 Å². The second-order valence-corrected chi connectivity index (χ2v) is 6.51. The molecule has 0 radical (unpaired) electrons. The van der Waals surface area contributed by atoms with Gasteiger partial charge >= 0.3 is 0 Å². The fraction of sp³-hybridized carbons (Fsp3) is 0.190. The van der Waals surface area contributed by atoms with Gasteiger partial charge in [0.2, 0.25) is 11.9 Å². The van der Waals surface area contributed by atoms with Gasteiger partial charge in [-0.25, -0.2) is 4.98 Å². The molecule has 0 saturated heterocycles. The van der Waals surface area contributed by atoms with Crippen LogP contribution in [0.25, 0.3) is 11.3 Å². The number of carbonyl (C=O) groups excluding carboxylic acids is 1. The third kappa shape index (κ3) is 5.28. The van der Waals surface area contributed by atoms with Crippen LogP contribution >= 0.6 is 0 Å². The van der Waals surface area contributed by atoms with Crippen LogP contribution in [-0.4, -0.2) is 21.9 Å². The highest BCUT2D eigenvalue weighted by molar-refractivity contribution is 5.88. The van der Waals surface area contributed by atoms with Crippen LogP contribution in [0.15, 0.2) is 60.7 Å². The van der Waals surface area contributed by atoms with Crippen LogP contribution in [0.2, 0.25) is 0 Å². The van der Waals surface area contributed by atoms with E-state index in [1.54, 1.807) is 0 Å². The highest BCUT2D eigenvalue weighted by atomic mass is 16.1. The van der Waals surface area contributed by atoms with Gasteiger partial charge in [-0.1, -0.05) is 30.3 Å². The number of hydrogen-bond donors (Lipinski definition) is 3. The van der Waals surface area contributed by atoms with Crippen molar-refractivity contribution in [2.45, 2.75) is 26.8 Å². The zero-order valence-electron chi connectivity index (χ0n) is 15.7. The first kappa shape index (κ1) is 18.4. The van der Waals surface area contributed by atoms with Crippen LogP contribution in [0.3, 0.4) is 0 Å². The molecule has 0 unspecified atom stereocenters. The molecule has 3 N–H and O–H groups in total. The number of anilines is 4. The molecule has 3 rings (SSSR count). The Labute approximate surface area is 159 Å². The van der Waals surface area contributed by atoms with Gasteiger partial charge in [0.1, 0.15) is 5.82 Å². The molecule has 3 aromatic rings. The Morgan fingerprint density at radius 1 is 0.926 bits per heavy atom. The summed E-state index contributed by atoms with van der Waals surface area (Å²) in [6, 6.07) is 19.6. The largest absolute Gasteiger partial charge is 0.352 e. The van der Waals surface area contributed by atoms with Crippen molar-refractivity contribution < 1.29 is 4.79 Å². The van der Waals surface area contributed by atoms with Crippen molar-refractivity contribution in [3.05, 3.63) is 60.7 Å². The van der Waals surface area contributed by atoms with Gasteiger partial charge in [0.15, 0.2) is 0 Å². The Kier molecular flexibility index (Phi) is 5.66. The van der Waals surface area contributed by atoms with Crippen molar-refractivity contribution in [1.29, 1.82) is 0 Å². The Morgan fingerprint density at radius 3 is 2.22 bits per heavy atom. The zero-order chi connectivity index (χ0) is 19.2. The third-order valence-electron chi connectivity index (χ3n) is 3.69. The highest BCUT2D eigenvalue weighted by Gasteiger charge is 2.08. The summed E-state index contributed by atoms with van der Waals surface area (Å²) in [5, 5.41) is 9.32. The molecule has 0 atom stereocenters. The number of amides is 1. The quantitative estimate of drug-likeness (QED) is 0.595. The van der Waals surface area contributed by atoms with Crippen molar-refractivity contribution in [3.63, 3.8) is 0 Å². The van der Waals surface area contributed by atoms with Crippen molar-refractivity contribution in [3.8, 4) is 11.3 Å². The zero-order valence-corrected chi connectivity index (χ0v) is 15.7. The third-order valence-corrected chi connectivity index (χ3v) is 3.69. The first-order chi connectivity index (χ1) is 13.0. The molecule has 27 heavy (non-hydrogen) atoms. The summed E-state index contributed by atoms with van der Waals surface area (Å²) in [7, 11) is 0. The van der Waals surface area contributed by atoms with Crippen LogP contribution in [0.4, 0.5) is 23.1 Å². The predicted octanol–water partition coefficient (Wildman–Crippen LogP) is 4.67. The minimum atomic E-state index is -0.0941. The predicted molar refractivity (Wildman–Crippen MR) is 110 cm³/mol. The molecule has 0 bridgehead atoms. The molecular weight excluding hydrogens is 338 g/mol. The van der Waals surface area contributed by atoms with E-state index in [9.17, 15) is 4.79 Å². The van der Waals surface area contributed by atoms with Crippen LogP contribution in [0.1, 0.15) is 20.8 Å². The molecule has 0 spiro atoms. The number of hydrogen-bond acceptors (Lipinski definition) is 5. The molecule has 0 aliphatic carbocycles. The average molecular weight is 361 g/mol. The van der Waals surface area contributed by atoms with Crippen molar-refractivity contribution in [2.75, 3.05) is 16.0 Å². The molecule has 2 aromatic carbocycles. The SMILES string of the molecule is CC(=O)Nc1ccc(Nc2cc(-c3ccccc3)nc(NC(C)C)n2)cc1. The molecule has 0 aliphatic rings. The van der Waals surface area contributed by atoms with E-state index in [0.717, 1.165) is 22.6 Å². The van der Waals surface area contributed by atoms with Gasteiger partial charge in [-0.05, 0) is 38.1 Å². The Balaban J connectivity index is 1.88. The minimum Gasteiger partial charge on any atom is -0.352 e. The molecule has 1 aromatic heterocycles. The van der Waals surface area contributed by atoms with Gasteiger partial charge in [-0.2, -0.15) is 4.98 Å². The summed E-state index contributed by atoms with van der Waals surface area (Å²) in [6.45, 7) is 5.58. The van der Waals surface area contributed by atoms with E-state index in [1.807, 2.05) is 74.5 Å². The monoisotopic (exact) mass is 361 g/mol. The Morgan fingerprint density at radius 2 is 1.59 bits per heavy atom. The van der Waals surface area contributed by atoms with E-state index in [0.29, 0.717) is 11.8 Å². The van der Waals surface area contributed by atoms with E-state index in [2.05, 4.69) is 25.9 Å². The number of aromatic nitrogens is 2. The number of carbonyl (C=O) groups is 1. The summed E-state index contributed by atoms with van der Waals surface area (Å²) < 4.78 is 0. The molecule has 0 aliphatic heterocycles. The molecule has 0 fully saturated rings. The maximum atomic E-state index is 11.1. The highest BCUT2D eigenvalue weighted by Crippen LogP contribution is 2.24. The average Bonchev–Trinajstić information content (AvgIpc) is 2.63. The van der Waals surface area contributed by atoms with Gasteiger partial charge in [0, 0.05) is 36.0 Å². The molecular formula is C21H23N5O. The van der Waals surface area contributed by atoms with Gasteiger partial charge in [0.25, 0.3) is 0 Å². The molecule has 1 amide bonds. The lowest BCUT2D eigenvalue weighted by molar-refractivity contribution is -0.114. The van der Waals surface area contributed by atoms with Crippen LogP contribution in [0, 0.1) is 0 Å². The van der Waals surface area contributed by atoms with E-state index in [1.165, 1.54) is 6.92 Å². The normalized spacial score (nSPS) is 10.5. The number of benzene rings is 2. The van der Waals surface area contributed by atoms with E-state index in [-0.39, 0.29) is 11.9 Å². The lowest BCUT2D eigenvalue weighted by atomic mass is 10.1. The maximum absolute atomic E-state index is 11.1. The second kappa shape index (κ2) is 8.31. The summed E-state index contributed by atoms with van der Waals surface area (Å²) in [4.78, 5) is 20.3. The topological polar surface area (TPSA) is 78.9 Å². The molecule has 1 heterocycles. The van der Waals surface area contributed by atoms with Crippen LogP contribution < -0.4 is 16.0 Å². The van der Waals surface area contributed by atoms with E-state index < -0.39 is 0 Å². The van der Waals surface area contributed by atoms with Crippen LogP contribution in [0.5, 0.6) is 0 Å². The lowest BCUT2D eigenvalue weighted by Gasteiger charge is -2.13. The molecule has 6 nitrogen and oxygen atoms in total. The van der Waals surface area contributed by atoms with Gasteiger partial charge in [0.05, 0.1) is 5.69 Å². The van der Waals surface area contributed by atoms with Gasteiger partial charge in [-0.15, -0.1) is 0 Å². The van der Waals surface area contributed by atoms with Crippen molar-refractivity contribution in [2.24, 2.45) is 0 Å². The van der Waals surface area contributed by atoms with Crippen molar-refractivity contribution in [1.82, 2.24) is 9.97 Å². The first-order valence-corrected chi connectivity index (χ1v) is 8.85. The number of rotatable bonds is 6. The summed E-state index contributed by atoms with van der Waals surface area (Å²) >= 11 is 0. The van der Waals surface area contributed by atoms with Crippen LogP contribution in [-0.2, 0) is 4.79 Å². The summed E-state index contributed by atoms with van der Waals surface area (Å²) in [6.07, 6.45) is 0. The molecule has 138 valence electrons. The minimum absolute atomic E-state index is 0.0941. The number of nitrogens with one attached hydrogen (secondary N) is 3. The first-order valence-electron chi connectivity index (χ1n) is 8.85.